The van der Waals surface area contributed by atoms with Crippen molar-refractivity contribution in [2.75, 3.05) is 5.75 Å². The van der Waals surface area contributed by atoms with E-state index >= 15 is 0 Å². The Balaban J connectivity index is 2.29. The summed E-state index contributed by atoms with van der Waals surface area (Å²) in [4.78, 5) is 40.9. The number of hydrogen-bond acceptors (Lipinski definition) is 9. The largest absolute Gasteiger partial charge is 0.352 e. The van der Waals surface area contributed by atoms with Crippen LogP contribution in [0.2, 0.25) is 0 Å². The Hall–Kier alpha value is -3.05. The van der Waals surface area contributed by atoms with Gasteiger partial charge in [-0.25, -0.2) is 9.78 Å². The summed E-state index contributed by atoms with van der Waals surface area (Å²) in [5.74, 6) is -1.16. The zero-order chi connectivity index (χ0) is 18.4. The fourth-order valence-corrected chi connectivity index (χ4v) is 2.49. The van der Waals surface area contributed by atoms with Crippen molar-refractivity contribution >= 4 is 29.6 Å². The van der Waals surface area contributed by atoms with Gasteiger partial charge in [0.1, 0.15) is 5.75 Å². The summed E-state index contributed by atoms with van der Waals surface area (Å²) in [6, 6.07) is 6.84. The molecule has 1 aromatic carbocycles. The third-order valence-electron chi connectivity index (χ3n) is 2.84. The highest BCUT2D eigenvalue weighted by Crippen LogP contribution is 2.15. The number of nitrogens with zero attached hydrogens (tertiary/aromatic N) is 4. The molecule has 0 atom stereocenters. The Morgan fingerprint density at radius 3 is 2.76 bits per heavy atom. The second-order valence-corrected chi connectivity index (χ2v) is 5.62. The van der Waals surface area contributed by atoms with Gasteiger partial charge in [-0.05, 0) is 24.6 Å². The second-order valence-electron chi connectivity index (χ2n) is 4.68. The van der Waals surface area contributed by atoms with Crippen LogP contribution >= 0.6 is 11.8 Å². The standard InChI is InChI=1S/C14H12N4O6S/c1-9-6-12(19)17(14(16-9)25-8-13(20)24-23)15-7-10-2-4-11(5-3-10)18(21)22/h2-7,23H,8H2,1H3/b15-7+. The van der Waals surface area contributed by atoms with E-state index in [1.807, 2.05) is 0 Å². The number of hydrogen-bond donors (Lipinski definition) is 1. The number of carbonyl (C=O) groups is 1. The van der Waals surface area contributed by atoms with E-state index in [2.05, 4.69) is 15.0 Å². The van der Waals surface area contributed by atoms with Crippen LogP contribution in [0, 0.1) is 17.0 Å². The molecule has 0 aliphatic carbocycles. The van der Waals surface area contributed by atoms with Gasteiger partial charge in [0.15, 0.2) is 5.16 Å². The summed E-state index contributed by atoms with van der Waals surface area (Å²) in [5, 5.41) is 23.0. The second kappa shape index (κ2) is 8.17. The fraction of sp³-hybridized carbons (Fsp3) is 0.143. The van der Waals surface area contributed by atoms with Crippen molar-refractivity contribution in [2.24, 2.45) is 5.10 Å². The molecule has 0 fully saturated rings. The van der Waals surface area contributed by atoms with Crippen LogP contribution in [0.3, 0.4) is 0 Å². The van der Waals surface area contributed by atoms with Crippen molar-refractivity contribution in [3.63, 3.8) is 0 Å². The molecule has 1 aromatic heterocycles. The molecule has 0 saturated heterocycles. The molecule has 1 heterocycles. The molecular formula is C14H12N4O6S. The Morgan fingerprint density at radius 1 is 1.48 bits per heavy atom. The highest BCUT2D eigenvalue weighted by molar-refractivity contribution is 7.99. The van der Waals surface area contributed by atoms with E-state index < -0.39 is 16.5 Å². The zero-order valence-corrected chi connectivity index (χ0v) is 13.7. The Labute approximate surface area is 144 Å². The lowest BCUT2D eigenvalue weighted by atomic mass is 10.2. The van der Waals surface area contributed by atoms with Gasteiger partial charge in [0.2, 0.25) is 0 Å². The first-order chi connectivity index (χ1) is 11.9. The molecule has 0 aliphatic heterocycles. The van der Waals surface area contributed by atoms with Crippen LogP contribution in [0.1, 0.15) is 11.3 Å². The van der Waals surface area contributed by atoms with Gasteiger partial charge in [0.05, 0.1) is 11.1 Å². The van der Waals surface area contributed by atoms with Crippen molar-refractivity contribution in [1.82, 2.24) is 9.66 Å². The Bertz CT molecular complexity index is 878. The van der Waals surface area contributed by atoms with Gasteiger partial charge in [-0.1, -0.05) is 11.8 Å². The molecule has 25 heavy (non-hydrogen) atoms. The number of aromatic nitrogens is 2. The minimum absolute atomic E-state index is 0.0647. The molecule has 0 bridgehead atoms. The van der Waals surface area contributed by atoms with Crippen molar-refractivity contribution in [1.29, 1.82) is 0 Å². The number of thioether (sulfide) groups is 1. The number of non-ortho nitro benzene ring substituents is 1. The minimum Gasteiger partial charge on any atom is -0.300 e. The van der Waals surface area contributed by atoms with Crippen LogP contribution in [-0.2, 0) is 9.68 Å². The average Bonchev–Trinajstić information content (AvgIpc) is 2.58. The number of aryl methyl sites for hydroxylation is 1. The van der Waals surface area contributed by atoms with E-state index in [1.165, 1.54) is 36.5 Å². The first-order valence-corrected chi connectivity index (χ1v) is 7.76. The number of carbonyl (C=O) groups excluding carboxylic acids is 1. The molecule has 0 unspecified atom stereocenters. The number of nitro benzene ring substituents is 1. The van der Waals surface area contributed by atoms with E-state index in [4.69, 9.17) is 5.26 Å². The predicted molar refractivity (Wildman–Crippen MR) is 88.8 cm³/mol. The van der Waals surface area contributed by atoms with Gasteiger partial charge in [0.25, 0.3) is 11.2 Å². The van der Waals surface area contributed by atoms with Gasteiger partial charge < -0.3 is 4.89 Å². The third-order valence-corrected chi connectivity index (χ3v) is 3.74. The predicted octanol–water partition coefficient (Wildman–Crippen LogP) is 1.45. The van der Waals surface area contributed by atoms with Crippen molar-refractivity contribution in [3.05, 3.63) is 62.1 Å². The molecule has 0 saturated carbocycles. The SMILES string of the molecule is Cc1cc(=O)n(/N=C/c2ccc([N+](=O)[O-])cc2)c(SCC(=O)OO)n1. The van der Waals surface area contributed by atoms with Gasteiger partial charge >= 0.3 is 5.97 Å². The van der Waals surface area contributed by atoms with E-state index in [0.29, 0.717) is 11.3 Å². The van der Waals surface area contributed by atoms with Crippen molar-refractivity contribution in [3.8, 4) is 0 Å². The quantitative estimate of drug-likeness (QED) is 0.203. The smallest absolute Gasteiger partial charge is 0.300 e. The highest BCUT2D eigenvalue weighted by Gasteiger charge is 2.11. The first-order valence-electron chi connectivity index (χ1n) is 6.77. The summed E-state index contributed by atoms with van der Waals surface area (Å²) in [6.45, 7) is 1.61. The van der Waals surface area contributed by atoms with E-state index in [1.54, 1.807) is 6.92 Å². The van der Waals surface area contributed by atoms with Crippen LogP contribution in [0.5, 0.6) is 0 Å². The number of rotatable bonds is 6. The summed E-state index contributed by atoms with van der Waals surface area (Å²) in [7, 11) is 0. The Morgan fingerprint density at radius 2 is 2.16 bits per heavy atom. The van der Waals surface area contributed by atoms with Crippen molar-refractivity contribution < 1.29 is 19.9 Å². The Kier molecular flexibility index (Phi) is 5.98. The molecule has 11 heteroatoms. The van der Waals surface area contributed by atoms with Crippen LogP contribution < -0.4 is 5.56 Å². The molecule has 1 N–H and O–H groups in total. The van der Waals surface area contributed by atoms with E-state index in [0.717, 1.165) is 16.4 Å². The maximum absolute atomic E-state index is 12.1. The van der Waals surface area contributed by atoms with Crippen LogP contribution in [0.25, 0.3) is 0 Å². The minimum atomic E-state index is -0.897. The molecule has 0 spiro atoms. The average molecular weight is 364 g/mol. The summed E-state index contributed by atoms with van der Waals surface area (Å²) < 4.78 is 0.976. The van der Waals surface area contributed by atoms with E-state index in [9.17, 15) is 19.7 Å². The maximum Gasteiger partial charge on any atom is 0.352 e. The normalized spacial score (nSPS) is 10.8. The number of nitro groups is 1. The van der Waals surface area contributed by atoms with Gasteiger partial charge in [-0.2, -0.15) is 15.0 Å². The van der Waals surface area contributed by atoms with Crippen LogP contribution in [0.15, 0.2) is 45.4 Å². The van der Waals surface area contributed by atoms with Gasteiger partial charge in [-0.3, -0.25) is 14.9 Å². The number of benzene rings is 1. The molecule has 10 nitrogen and oxygen atoms in total. The van der Waals surface area contributed by atoms with Gasteiger partial charge in [-0.15, -0.1) is 0 Å². The lowest BCUT2D eigenvalue weighted by molar-refractivity contribution is -0.384. The summed E-state index contributed by atoms with van der Waals surface area (Å²) >= 11 is 0.864. The molecule has 130 valence electrons. The van der Waals surface area contributed by atoms with Gasteiger partial charge in [0, 0.05) is 23.9 Å². The molecule has 0 amide bonds. The lowest BCUT2D eigenvalue weighted by Crippen LogP contribution is -2.20. The van der Waals surface area contributed by atoms with Crippen molar-refractivity contribution in [2.45, 2.75) is 12.1 Å². The van der Waals surface area contributed by atoms with Crippen LogP contribution in [-0.4, -0.2) is 37.8 Å². The van der Waals surface area contributed by atoms with E-state index in [-0.39, 0.29) is 16.6 Å². The molecule has 0 radical (unpaired) electrons. The highest BCUT2D eigenvalue weighted by atomic mass is 32.2. The lowest BCUT2D eigenvalue weighted by Gasteiger charge is -2.06. The first kappa shape index (κ1) is 18.3. The molecular weight excluding hydrogens is 352 g/mol. The molecule has 0 aliphatic rings. The monoisotopic (exact) mass is 364 g/mol. The fourth-order valence-electron chi connectivity index (χ4n) is 1.72. The topological polar surface area (TPSA) is 137 Å². The maximum atomic E-state index is 12.1. The zero-order valence-electron chi connectivity index (χ0n) is 12.9. The van der Waals surface area contributed by atoms with Crippen LogP contribution in [0.4, 0.5) is 5.69 Å². The molecule has 2 aromatic rings. The summed E-state index contributed by atoms with van der Waals surface area (Å²) in [5.41, 5.74) is 0.436. The third kappa shape index (κ3) is 4.96. The summed E-state index contributed by atoms with van der Waals surface area (Å²) in [6.07, 6.45) is 1.33. The molecule has 2 rings (SSSR count).